The van der Waals surface area contributed by atoms with Gasteiger partial charge in [0, 0.05) is 5.56 Å². The molecule has 0 aliphatic heterocycles. The van der Waals surface area contributed by atoms with E-state index in [1.165, 1.54) is 0 Å². The van der Waals surface area contributed by atoms with E-state index >= 15 is 0 Å². The molecule has 2 rings (SSSR count). The molecule has 0 fully saturated rings. The fourth-order valence-corrected chi connectivity index (χ4v) is 2.23. The third kappa shape index (κ3) is 1.43. The summed E-state index contributed by atoms with van der Waals surface area (Å²) < 4.78 is 11.0. The molecule has 1 unspecified atom stereocenters. The van der Waals surface area contributed by atoms with Crippen LogP contribution < -0.4 is 5.30 Å². The second-order valence-corrected chi connectivity index (χ2v) is 4.23. The van der Waals surface area contributed by atoms with E-state index in [2.05, 4.69) is 0 Å². The third-order valence-electron chi connectivity index (χ3n) is 2.38. The lowest BCUT2D eigenvalue weighted by atomic mass is 10.1. The molecule has 0 heterocycles. The Morgan fingerprint density at radius 3 is 2.57 bits per heavy atom. The maximum absolute atomic E-state index is 11.0. The van der Waals surface area contributed by atoms with Gasteiger partial charge in [-0.15, -0.1) is 0 Å². The number of fused-ring (bicyclic) bond motifs is 1. The molecule has 70 valence electrons. The van der Waals surface area contributed by atoms with Crippen LogP contribution in [0.3, 0.4) is 0 Å². The van der Waals surface area contributed by atoms with Gasteiger partial charge in [-0.2, -0.15) is 4.89 Å². The smallest absolute Gasteiger partial charge is 0.156 e. The molecule has 0 aliphatic rings. The molecule has 0 saturated heterocycles. The van der Waals surface area contributed by atoms with Crippen molar-refractivity contribution >= 4 is 24.1 Å². The SMILES string of the molecule is Cc1c([P+](=O)O)ccc2ccccc12. The van der Waals surface area contributed by atoms with Crippen molar-refractivity contribution in [3.63, 3.8) is 0 Å². The minimum Gasteiger partial charge on any atom is -0.156 e. The van der Waals surface area contributed by atoms with Gasteiger partial charge in [-0.05, 0) is 34.4 Å². The van der Waals surface area contributed by atoms with Crippen LogP contribution in [0.25, 0.3) is 10.8 Å². The summed E-state index contributed by atoms with van der Waals surface area (Å²) in [5, 5.41) is 2.67. The molecule has 0 aliphatic carbocycles. The standard InChI is InChI=1S/C11H9O2P/c1-8-10-5-3-2-4-9(10)6-7-11(8)14(12)13/h2-7H,1H3/p+1. The van der Waals surface area contributed by atoms with Crippen LogP contribution in [0, 0.1) is 6.92 Å². The first-order valence-corrected chi connectivity index (χ1v) is 5.56. The largest absolute Gasteiger partial charge is 0.546 e. The number of benzene rings is 2. The second kappa shape index (κ2) is 3.49. The zero-order chi connectivity index (χ0) is 10.1. The summed E-state index contributed by atoms with van der Waals surface area (Å²) in [5.74, 6) is 0. The van der Waals surface area contributed by atoms with Crippen molar-refractivity contribution < 1.29 is 9.46 Å². The van der Waals surface area contributed by atoms with Crippen molar-refractivity contribution in [3.05, 3.63) is 42.0 Å². The van der Waals surface area contributed by atoms with Crippen LogP contribution in [0.5, 0.6) is 0 Å². The van der Waals surface area contributed by atoms with E-state index in [0.717, 1.165) is 16.3 Å². The number of hydrogen-bond donors (Lipinski definition) is 1. The predicted octanol–water partition coefficient (Wildman–Crippen LogP) is 2.51. The highest BCUT2D eigenvalue weighted by Crippen LogP contribution is 2.23. The summed E-state index contributed by atoms with van der Waals surface area (Å²) >= 11 is 0. The fraction of sp³-hybridized carbons (Fsp3) is 0.0909. The second-order valence-electron chi connectivity index (χ2n) is 3.20. The summed E-state index contributed by atoms with van der Waals surface area (Å²) in [4.78, 5) is 9.07. The molecule has 14 heavy (non-hydrogen) atoms. The summed E-state index contributed by atoms with van der Waals surface area (Å²) in [6.45, 7) is 1.88. The van der Waals surface area contributed by atoms with E-state index in [1.807, 2.05) is 37.3 Å². The first kappa shape index (κ1) is 9.32. The van der Waals surface area contributed by atoms with Crippen LogP contribution in [-0.4, -0.2) is 4.89 Å². The van der Waals surface area contributed by atoms with Crippen molar-refractivity contribution in [1.29, 1.82) is 0 Å². The molecule has 0 aromatic heterocycles. The van der Waals surface area contributed by atoms with E-state index in [4.69, 9.17) is 4.89 Å². The highest BCUT2D eigenvalue weighted by molar-refractivity contribution is 7.47. The highest BCUT2D eigenvalue weighted by Gasteiger charge is 2.20. The van der Waals surface area contributed by atoms with Crippen LogP contribution in [-0.2, 0) is 4.57 Å². The lowest BCUT2D eigenvalue weighted by molar-refractivity contribution is 0.513. The van der Waals surface area contributed by atoms with Crippen molar-refractivity contribution in [2.24, 2.45) is 0 Å². The topological polar surface area (TPSA) is 37.3 Å². The maximum Gasteiger partial charge on any atom is 0.546 e. The van der Waals surface area contributed by atoms with Crippen molar-refractivity contribution in [1.82, 2.24) is 0 Å². The van der Waals surface area contributed by atoms with Gasteiger partial charge in [-0.3, -0.25) is 0 Å². The van der Waals surface area contributed by atoms with E-state index in [0.29, 0.717) is 5.30 Å². The maximum atomic E-state index is 11.0. The van der Waals surface area contributed by atoms with Crippen molar-refractivity contribution in [2.45, 2.75) is 6.92 Å². The molecule has 0 amide bonds. The Labute approximate surface area is 83.1 Å². The van der Waals surface area contributed by atoms with E-state index in [1.54, 1.807) is 6.07 Å². The Kier molecular flexibility index (Phi) is 2.32. The Morgan fingerprint density at radius 2 is 1.86 bits per heavy atom. The van der Waals surface area contributed by atoms with Crippen LogP contribution in [0.4, 0.5) is 0 Å². The Hall–Kier alpha value is -1.24. The zero-order valence-electron chi connectivity index (χ0n) is 7.77. The zero-order valence-corrected chi connectivity index (χ0v) is 8.66. The first-order valence-electron chi connectivity index (χ1n) is 4.34. The molecule has 0 spiro atoms. The predicted molar refractivity (Wildman–Crippen MR) is 58.1 cm³/mol. The van der Waals surface area contributed by atoms with Crippen LogP contribution in [0.15, 0.2) is 36.4 Å². The Morgan fingerprint density at radius 1 is 1.14 bits per heavy atom. The lowest BCUT2D eigenvalue weighted by Crippen LogP contribution is -2.01. The van der Waals surface area contributed by atoms with E-state index in [9.17, 15) is 4.57 Å². The summed E-state index contributed by atoms with van der Waals surface area (Å²) in [5.41, 5.74) is 0.895. The van der Waals surface area contributed by atoms with Gasteiger partial charge in [0.2, 0.25) is 5.30 Å². The quantitative estimate of drug-likeness (QED) is 0.726. The van der Waals surface area contributed by atoms with Gasteiger partial charge < -0.3 is 0 Å². The normalized spacial score (nSPS) is 11.7. The molecule has 1 N–H and O–H groups in total. The molecule has 0 saturated carbocycles. The van der Waals surface area contributed by atoms with E-state index in [-0.39, 0.29) is 0 Å². The van der Waals surface area contributed by atoms with Gasteiger partial charge in [0.15, 0.2) is 0 Å². The van der Waals surface area contributed by atoms with Gasteiger partial charge >= 0.3 is 8.03 Å². The molecular formula is C11H10O2P+. The number of hydrogen-bond acceptors (Lipinski definition) is 1. The summed E-state index contributed by atoms with van der Waals surface area (Å²) in [6, 6.07) is 11.4. The molecule has 2 nitrogen and oxygen atoms in total. The monoisotopic (exact) mass is 205 g/mol. The van der Waals surface area contributed by atoms with E-state index < -0.39 is 8.03 Å². The minimum absolute atomic E-state index is 0.527. The Balaban J connectivity index is 2.81. The van der Waals surface area contributed by atoms with Gasteiger partial charge in [0.1, 0.15) is 0 Å². The Bertz CT molecular complexity index is 506. The molecular weight excluding hydrogens is 195 g/mol. The average molecular weight is 205 g/mol. The first-order chi connectivity index (χ1) is 6.70. The van der Waals surface area contributed by atoms with Crippen molar-refractivity contribution in [3.8, 4) is 0 Å². The molecule has 2 aromatic rings. The molecule has 3 heteroatoms. The third-order valence-corrected chi connectivity index (χ3v) is 3.27. The van der Waals surface area contributed by atoms with Crippen LogP contribution in [0.2, 0.25) is 0 Å². The van der Waals surface area contributed by atoms with Gasteiger partial charge in [-0.25, -0.2) is 0 Å². The van der Waals surface area contributed by atoms with Gasteiger partial charge in [0.05, 0.1) is 0 Å². The molecule has 0 radical (unpaired) electrons. The van der Waals surface area contributed by atoms with Crippen molar-refractivity contribution in [2.75, 3.05) is 0 Å². The van der Waals surface area contributed by atoms with Crippen LogP contribution in [0.1, 0.15) is 5.56 Å². The molecule has 0 bridgehead atoms. The summed E-state index contributed by atoms with van der Waals surface area (Å²) in [7, 11) is -2.24. The highest BCUT2D eigenvalue weighted by atomic mass is 31.1. The average Bonchev–Trinajstić information content (AvgIpc) is 2.18. The van der Waals surface area contributed by atoms with Gasteiger partial charge in [0.25, 0.3) is 0 Å². The molecule has 1 atom stereocenters. The lowest BCUT2D eigenvalue weighted by Gasteiger charge is -2.00. The molecule has 2 aromatic carbocycles. The number of rotatable bonds is 1. The summed E-state index contributed by atoms with van der Waals surface area (Å²) in [6.07, 6.45) is 0. The fourth-order valence-electron chi connectivity index (χ4n) is 1.62. The van der Waals surface area contributed by atoms with Gasteiger partial charge in [-0.1, -0.05) is 24.3 Å². The van der Waals surface area contributed by atoms with Crippen LogP contribution >= 0.6 is 8.03 Å². The number of aryl methyl sites for hydroxylation is 1. The minimum atomic E-state index is -2.24.